The van der Waals surface area contributed by atoms with Crippen LogP contribution in [0, 0.1) is 5.92 Å². The summed E-state index contributed by atoms with van der Waals surface area (Å²) < 4.78 is 43.6. The number of carbonyl (C=O) groups excluding carboxylic acids is 2. The molecular weight excluding hydrogens is 335 g/mol. The number of hydrogen-bond donors (Lipinski definition) is 0. The smallest absolute Gasteiger partial charge is 0.747 e. The molecule has 1 unspecified atom stereocenters. The molecule has 0 radical (unpaired) electrons. The normalized spacial score (nSPS) is 17.2. The van der Waals surface area contributed by atoms with Gasteiger partial charge < -0.3 is 14.0 Å². The summed E-state index contributed by atoms with van der Waals surface area (Å²) in [6.07, 6.45) is 2.94. The molecule has 1 fully saturated rings. The molecule has 1 saturated carbocycles. The molecule has 1 atom stereocenters. The van der Waals surface area contributed by atoms with Gasteiger partial charge in [-0.1, -0.05) is 20.3 Å². The molecule has 7 nitrogen and oxygen atoms in total. The van der Waals surface area contributed by atoms with Crippen molar-refractivity contribution in [3.63, 3.8) is 0 Å². The topological polar surface area (TPSA) is 110 Å². The van der Waals surface area contributed by atoms with Crippen LogP contribution >= 0.6 is 0 Å². The average Bonchev–Trinajstić information content (AvgIpc) is 2.42. The zero-order valence-electron chi connectivity index (χ0n) is 13.9. The summed E-state index contributed by atoms with van der Waals surface area (Å²) >= 11 is 0. The van der Waals surface area contributed by atoms with Crippen LogP contribution in [0.15, 0.2) is 0 Å². The molecule has 1 aliphatic rings. The first-order valence-electron chi connectivity index (χ1n) is 7.51. The Bertz CT molecular complexity index is 483. The van der Waals surface area contributed by atoms with Gasteiger partial charge in [-0.15, -0.1) is 0 Å². The molecule has 0 aromatic rings. The Hall–Kier alpha value is -0.150. The molecule has 0 saturated heterocycles. The second kappa shape index (κ2) is 10.7. The van der Waals surface area contributed by atoms with Crippen molar-refractivity contribution in [1.29, 1.82) is 0 Å². The largest absolute Gasteiger partial charge is 1.00 e. The molecule has 0 aromatic heterocycles. The van der Waals surface area contributed by atoms with Gasteiger partial charge in [-0.2, -0.15) is 0 Å². The Balaban J connectivity index is 0.00000484. The summed E-state index contributed by atoms with van der Waals surface area (Å²) in [6.45, 7) is 3.72. The summed E-state index contributed by atoms with van der Waals surface area (Å²) in [5, 5.41) is -2.03. The van der Waals surface area contributed by atoms with Crippen LogP contribution in [-0.2, 0) is 29.2 Å². The number of hydrogen-bond acceptors (Lipinski definition) is 7. The first kappa shape index (κ1) is 22.9. The molecule has 0 amide bonds. The minimum absolute atomic E-state index is 0. The molecule has 0 aliphatic heterocycles. The molecule has 23 heavy (non-hydrogen) atoms. The van der Waals surface area contributed by atoms with Gasteiger partial charge in [-0.25, -0.2) is 8.42 Å². The van der Waals surface area contributed by atoms with Gasteiger partial charge in [-0.05, 0) is 31.6 Å². The average molecular weight is 358 g/mol. The third kappa shape index (κ3) is 9.05. The molecule has 1 aliphatic carbocycles. The van der Waals surface area contributed by atoms with Crippen molar-refractivity contribution >= 4 is 22.1 Å². The molecule has 128 valence electrons. The molecular formula is C14H23NaO7S. The van der Waals surface area contributed by atoms with Crippen LogP contribution < -0.4 is 29.6 Å². The van der Waals surface area contributed by atoms with Gasteiger partial charge in [0.1, 0.15) is 16.2 Å². The van der Waals surface area contributed by atoms with Gasteiger partial charge >= 0.3 is 41.5 Å². The summed E-state index contributed by atoms with van der Waals surface area (Å²) in [4.78, 5) is 23.5. The van der Waals surface area contributed by atoms with E-state index in [1.165, 1.54) is 0 Å². The summed E-state index contributed by atoms with van der Waals surface area (Å²) in [7, 11) is -4.97. The van der Waals surface area contributed by atoms with Gasteiger partial charge in [0.05, 0.1) is 13.0 Å². The van der Waals surface area contributed by atoms with Crippen molar-refractivity contribution in [3.8, 4) is 0 Å². The van der Waals surface area contributed by atoms with Crippen LogP contribution in [0.3, 0.4) is 0 Å². The van der Waals surface area contributed by atoms with Gasteiger partial charge in [-0.3, -0.25) is 9.59 Å². The fraction of sp³-hybridized carbons (Fsp3) is 0.857. The number of carbonyl (C=O) groups is 2. The van der Waals surface area contributed by atoms with E-state index in [9.17, 15) is 22.6 Å². The van der Waals surface area contributed by atoms with Gasteiger partial charge in [0, 0.05) is 0 Å². The maximum absolute atomic E-state index is 11.9. The Morgan fingerprint density at radius 2 is 1.74 bits per heavy atom. The summed E-state index contributed by atoms with van der Waals surface area (Å²) in [5.74, 6) is -1.97. The van der Waals surface area contributed by atoms with E-state index in [1.807, 2.05) is 13.8 Å². The van der Waals surface area contributed by atoms with Crippen LogP contribution in [-0.4, -0.2) is 42.9 Å². The van der Waals surface area contributed by atoms with Crippen molar-refractivity contribution in [2.75, 3.05) is 6.61 Å². The van der Waals surface area contributed by atoms with E-state index in [1.54, 1.807) is 0 Å². The maximum atomic E-state index is 11.9. The maximum Gasteiger partial charge on any atom is 1.00 e. The predicted octanol–water partition coefficient (Wildman–Crippen LogP) is -1.63. The second-order valence-electron chi connectivity index (χ2n) is 5.96. The fourth-order valence-electron chi connectivity index (χ4n) is 2.20. The number of rotatable bonds is 7. The molecule has 0 N–H and O–H groups in total. The van der Waals surface area contributed by atoms with E-state index in [4.69, 9.17) is 9.47 Å². The zero-order valence-corrected chi connectivity index (χ0v) is 16.8. The molecule has 0 spiro atoms. The van der Waals surface area contributed by atoms with Crippen LogP contribution in [0.2, 0.25) is 0 Å². The van der Waals surface area contributed by atoms with Crippen molar-refractivity contribution in [2.24, 2.45) is 5.92 Å². The molecule has 0 aromatic carbocycles. The summed E-state index contributed by atoms with van der Waals surface area (Å²) in [5.41, 5.74) is 0. The quantitative estimate of drug-likeness (QED) is 0.305. The van der Waals surface area contributed by atoms with E-state index < -0.39 is 33.7 Å². The third-order valence-corrected chi connectivity index (χ3v) is 4.43. The van der Waals surface area contributed by atoms with Crippen LogP contribution in [0.4, 0.5) is 0 Å². The standard InChI is InChI=1S/C14H24O7S.Na/c1-10(2)9-20-13(15)8-12(22(17,18)19)14(16)21-11-6-4-3-5-7-11;/h10-12H,3-9H2,1-2H3,(H,17,18,19);/q;+1/p-1. The second-order valence-corrected chi connectivity index (χ2v) is 7.51. The molecule has 9 heteroatoms. The molecule has 0 bridgehead atoms. The van der Waals surface area contributed by atoms with Gasteiger partial charge in [0.15, 0.2) is 5.25 Å². The van der Waals surface area contributed by atoms with Crippen molar-refractivity contribution in [1.82, 2.24) is 0 Å². The first-order chi connectivity index (χ1) is 10.2. The van der Waals surface area contributed by atoms with E-state index in [2.05, 4.69) is 0 Å². The fourth-order valence-corrected chi connectivity index (χ4v) is 2.83. The van der Waals surface area contributed by atoms with Crippen LogP contribution in [0.25, 0.3) is 0 Å². The van der Waals surface area contributed by atoms with Crippen LogP contribution in [0.5, 0.6) is 0 Å². The summed E-state index contributed by atoms with van der Waals surface area (Å²) in [6, 6.07) is 0. The van der Waals surface area contributed by atoms with Crippen molar-refractivity contribution in [3.05, 3.63) is 0 Å². The Labute approximate surface area is 159 Å². The Morgan fingerprint density at radius 3 is 2.22 bits per heavy atom. The van der Waals surface area contributed by atoms with Crippen molar-refractivity contribution in [2.45, 2.75) is 63.7 Å². The predicted molar refractivity (Wildman–Crippen MR) is 76.9 cm³/mol. The zero-order chi connectivity index (χ0) is 16.8. The van der Waals surface area contributed by atoms with E-state index in [0.29, 0.717) is 12.8 Å². The minimum Gasteiger partial charge on any atom is -0.747 e. The molecule has 0 heterocycles. The van der Waals surface area contributed by atoms with E-state index in [-0.39, 0.29) is 48.2 Å². The van der Waals surface area contributed by atoms with Crippen molar-refractivity contribution < 1.29 is 61.6 Å². The first-order valence-corrected chi connectivity index (χ1v) is 8.98. The number of ether oxygens (including phenoxy) is 2. The molecule has 1 rings (SSSR count). The van der Waals surface area contributed by atoms with E-state index in [0.717, 1.165) is 19.3 Å². The van der Waals surface area contributed by atoms with E-state index >= 15 is 0 Å². The monoisotopic (exact) mass is 358 g/mol. The Morgan fingerprint density at radius 1 is 1.17 bits per heavy atom. The van der Waals surface area contributed by atoms with Crippen LogP contribution in [0.1, 0.15) is 52.4 Å². The Kier molecular flexibility index (Phi) is 10.6. The number of esters is 2. The SMILES string of the molecule is CC(C)COC(=O)CC(C(=O)OC1CCCCC1)S(=O)(=O)[O-].[Na+]. The third-order valence-electron chi connectivity index (χ3n) is 3.38. The van der Waals surface area contributed by atoms with Gasteiger partial charge in [0.2, 0.25) is 0 Å². The minimum atomic E-state index is -4.97. The van der Waals surface area contributed by atoms with Gasteiger partial charge in [0.25, 0.3) is 0 Å².